The molecule has 2 heterocycles. The zero-order chi connectivity index (χ0) is 22.6. The van der Waals surface area contributed by atoms with Gasteiger partial charge in [0.2, 0.25) is 5.82 Å². The van der Waals surface area contributed by atoms with Crippen LogP contribution in [0.1, 0.15) is 5.56 Å². The van der Waals surface area contributed by atoms with Crippen molar-refractivity contribution in [3.8, 4) is 11.6 Å². The molecule has 0 unspecified atom stereocenters. The molecule has 166 valence electrons. The molecular weight excluding hydrogens is 418 g/mol. The van der Waals surface area contributed by atoms with Crippen LogP contribution >= 0.6 is 0 Å². The highest BCUT2D eigenvalue weighted by Crippen LogP contribution is 2.37. The third-order valence-corrected chi connectivity index (χ3v) is 5.81. The fraction of sp³-hybridized carbons (Fsp3) is 0.200. The van der Waals surface area contributed by atoms with Gasteiger partial charge in [0.1, 0.15) is 12.1 Å². The maximum absolute atomic E-state index is 12.0. The van der Waals surface area contributed by atoms with Crippen molar-refractivity contribution in [2.75, 3.05) is 31.1 Å². The number of aromatic nitrogens is 2. The van der Waals surface area contributed by atoms with Gasteiger partial charge in [-0.15, -0.1) is 0 Å². The van der Waals surface area contributed by atoms with Crippen LogP contribution in [0.15, 0.2) is 79.1 Å². The molecule has 0 N–H and O–H groups in total. The first kappa shape index (κ1) is 20.8. The summed E-state index contributed by atoms with van der Waals surface area (Å²) in [4.78, 5) is 24.2. The quantitative estimate of drug-likeness (QED) is 0.318. The Morgan fingerprint density at radius 1 is 0.879 bits per heavy atom. The number of piperazine rings is 1. The third kappa shape index (κ3) is 4.61. The van der Waals surface area contributed by atoms with E-state index in [4.69, 9.17) is 4.74 Å². The molecule has 33 heavy (non-hydrogen) atoms. The molecule has 0 saturated carbocycles. The summed E-state index contributed by atoms with van der Waals surface area (Å²) in [5.74, 6) is 0.742. The predicted octanol–water partition coefficient (Wildman–Crippen LogP) is 4.65. The summed E-state index contributed by atoms with van der Waals surface area (Å²) in [6.45, 7) is 3.71. The Bertz CT molecular complexity index is 1270. The fourth-order valence-electron chi connectivity index (χ4n) is 4.12. The maximum atomic E-state index is 12.0. The first-order valence-corrected chi connectivity index (χ1v) is 10.8. The molecule has 1 aliphatic rings. The molecule has 0 radical (unpaired) electrons. The average molecular weight is 441 g/mol. The van der Waals surface area contributed by atoms with E-state index in [1.807, 2.05) is 59.5 Å². The van der Waals surface area contributed by atoms with Crippen LogP contribution in [-0.2, 0) is 6.54 Å². The number of hydrogen-bond donors (Lipinski definition) is 0. The molecule has 1 aliphatic heterocycles. The molecular formula is C25H23N5O3. The van der Waals surface area contributed by atoms with Crippen molar-refractivity contribution in [3.63, 3.8) is 0 Å². The molecule has 1 saturated heterocycles. The summed E-state index contributed by atoms with van der Waals surface area (Å²) in [5.41, 5.74) is 1.05. The van der Waals surface area contributed by atoms with Gasteiger partial charge >= 0.3 is 11.6 Å². The number of hydrogen-bond acceptors (Lipinski definition) is 7. The van der Waals surface area contributed by atoms with Gasteiger partial charge in [-0.3, -0.25) is 15.0 Å². The zero-order valence-electron chi connectivity index (χ0n) is 18.0. The Morgan fingerprint density at radius 3 is 2.36 bits per heavy atom. The van der Waals surface area contributed by atoms with E-state index in [1.165, 1.54) is 11.9 Å². The molecule has 4 aromatic rings. The highest BCUT2D eigenvalue weighted by atomic mass is 16.6. The van der Waals surface area contributed by atoms with E-state index in [2.05, 4.69) is 27.0 Å². The van der Waals surface area contributed by atoms with Crippen molar-refractivity contribution in [1.82, 2.24) is 14.9 Å². The van der Waals surface area contributed by atoms with E-state index in [1.54, 1.807) is 6.07 Å². The smallest absolute Gasteiger partial charge is 0.373 e. The summed E-state index contributed by atoms with van der Waals surface area (Å²) < 4.78 is 5.88. The normalized spacial score (nSPS) is 14.4. The molecule has 8 heteroatoms. The van der Waals surface area contributed by atoms with Crippen LogP contribution in [0.25, 0.3) is 10.8 Å². The number of rotatable bonds is 6. The average Bonchev–Trinajstić information content (AvgIpc) is 2.85. The van der Waals surface area contributed by atoms with E-state index in [9.17, 15) is 10.1 Å². The van der Waals surface area contributed by atoms with Crippen LogP contribution in [-0.4, -0.2) is 46.0 Å². The predicted molar refractivity (Wildman–Crippen MR) is 127 cm³/mol. The summed E-state index contributed by atoms with van der Waals surface area (Å²) in [6, 6.07) is 23.7. The molecule has 0 aliphatic carbocycles. The lowest BCUT2D eigenvalue weighted by Gasteiger charge is -2.35. The van der Waals surface area contributed by atoms with Crippen molar-refractivity contribution in [2.24, 2.45) is 0 Å². The highest BCUT2D eigenvalue weighted by molar-refractivity contribution is 5.83. The fourth-order valence-corrected chi connectivity index (χ4v) is 4.12. The van der Waals surface area contributed by atoms with Crippen LogP contribution in [0.4, 0.5) is 11.5 Å². The Balaban J connectivity index is 1.35. The Morgan fingerprint density at radius 2 is 1.61 bits per heavy atom. The van der Waals surface area contributed by atoms with Gasteiger partial charge in [0.05, 0.1) is 4.92 Å². The van der Waals surface area contributed by atoms with Crippen LogP contribution in [0.3, 0.4) is 0 Å². The van der Waals surface area contributed by atoms with Crippen molar-refractivity contribution in [3.05, 3.63) is 94.8 Å². The van der Waals surface area contributed by atoms with E-state index >= 15 is 0 Å². The number of anilines is 1. The standard InChI is InChI=1S/C25H23N5O3/c31-30(32)23-24(29-14-12-28(13-15-29)17-19-6-2-1-3-7-19)26-18-27-25(23)33-22-11-10-20-8-4-5-9-21(20)16-22/h1-11,16,18H,12-15,17H2. The Hall–Kier alpha value is -4.04. The SMILES string of the molecule is O=[N+]([O-])c1c(Oc2ccc3ccccc3c2)ncnc1N1CCN(Cc2ccccc2)CC1. The molecule has 1 fully saturated rings. The lowest BCUT2D eigenvalue weighted by molar-refractivity contribution is -0.385. The van der Waals surface area contributed by atoms with Crippen molar-refractivity contribution >= 4 is 22.3 Å². The van der Waals surface area contributed by atoms with Crippen LogP contribution in [0.2, 0.25) is 0 Å². The minimum absolute atomic E-state index is 0.0491. The summed E-state index contributed by atoms with van der Waals surface area (Å²) in [7, 11) is 0. The lowest BCUT2D eigenvalue weighted by Crippen LogP contribution is -2.46. The Labute approximate surface area is 191 Å². The second kappa shape index (κ2) is 9.22. The lowest BCUT2D eigenvalue weighted by atomic mass is 10.1. The maximum Gasteiger partial charge on any atom is 0.373 e. The first-order chi connectivity index (χ1) is 16.2. The molecule has 8 nitrogen and oxygen atoms in total. The molecule has 0 amide bonds. The van der Waals surface area contributed by atoms with Gasteiger partial charge in [-0.25, -0.2) is 4.98 Å². The van der Waals surface area contributed by atoms with Crippen LogP contribution < -0.4 is 9.64 Å². The topological polar surface area (TPSA) is 84.6 Å². The Kier molecular flexibility index (Phi) is 5.82. The van der Waals surface area contributed by atoms with E-state index in [0.717, 1.165) is 30.4 Å². The number of benzene rings is 3. The van der Waals surface area contributed by atoms with Crippen LogP contribution in [0.5, 0.6) is 11.6 Å². The van der Waals surface area contributed by atoms with Gasteiger partial charge in [0, 0.05) is 32.7 Å². The monoisotopic (exact) mass is 441 g/mol. The van der Waals surface area contributed by atoms with Gasteiger partial charge in [-0.2, -0.15) is 4.98 Å². The van der Waals surface area contributed by atoms with E-state index in [0.29, 0.717) is 24.7 Å². The summed E-state index contributed by atoms with van der Waals surface area (Å²) in [6.07, 6.45) is 1.33. The number of ether oxygens (including phenoxy) is 1. The zero-order valence-corrected chi connectivity index (χ0v) is 18.0. The second-order valence-electron chi connectivity index (χ2n) is 7.97. The van der Waals surface area contributed by atoms with E-state index < -0.39 is 4.92 Å². The molecule has 0 spiro atoms. The number of nitro groups is 1. The van der Waals surface area contributed by atoms with Crippen molar-refractivity contribution < 1.29 is 9.66 Å². The second-order valence-corrected chi connectivity index (χ2v) is 7.97. The summed E-state index contributed by atoms with van der Waals surface area (Å²) in [5, 5.41) is 14.1. The molecule has 5 rings (SSSR count). The van der Waals surface area contributed by atoms with Gasteiger partial charge in [-0.05, 0) is 28.5 Å². The van der Waals surface area contributed by atoms with E-state index in [-0.39, 0.29) is 11.6 Å². The minimum Gasteiger partial charge on any atom is -0.434 e. The first-order valence-electron chi connectivity index (χ1n) is 10.8. The number of nitrogens with zero attached hydrogens (tertiary/aromatic N) is 5. The summed E-state index contributed by atoms with van der Waals surface area (Å²) >= 11 is 0. The minimum atomic E-state index is -0.456. The highest BCUT2D eigenvalue weighted by Gasteiger charge is 2.30. The largest absolute Gasteiger partial charge is 0.434 e. The van der Waals surface area contributed by atoms with Gasteiger partial charge in [0.25, 0.3) is 0 Å². The molecule has 0 atom stereocenters. The van der Waals surface area contributed by atoms with Crippen molar-refractivity contribution in [1.29, 1.82) is 0 Å². The molecule has 3 aromatic carbocycles. The van der Waals surface area contributed by atoms with Gasteiger partial charge in [0.15, 0.2) is 0 Å². The van der Waals surface area contributed by atoms with Crippen LogP contribution in [0, 0.1) is 10.1 Å². The van der Waals surface area contributed by atoms with Gasteiger partial charge in [-0.1, -0.05) is 60.7 Å². The number of fused-ring (bicyclic) bond motifs is 1. The molecule has 0 bridgehead atoms. The third-order valence-electron chi connectivity index (χ3n) is 5.81. The van der Waals surface area contributed by atoms with Crippen molar-refractivity contribution in [2.45, 2.75) is 6.54 Å². The molecule has 1 aromatic heterocycles. The van der Waals surface area contributed by atoms with Gasteiger partial charge < -0.3 is 9.64 Å².